The third-order valence-electron chi connectivity index (χ3n) is 4.54. The minimum Gasteiger partial charge on any atom is -0.497 e. The largest absolute Gasteiger partial charge is 0.497 e. The Hall–Kier alpha value is -3.02. The molecule has 0 atom stereocenters. The van der Waals surface area contributed by atoms with Crippen LogP contribution in [0.2, 0.25) is 10.0 Å². The van der Waals surface area contributed by atoms with Gasteiger partial charge in [0.1, 0.15) is 11.5 Å². The highest BCUT2D eigenvalue weighted by Crippen LogP contribution is 2.35. The molecule has 7 heteroatoms. The summed E-state index contributed by atoms with van der Waals surface area (Å²) in [5.74, 6) is 0.655. The fourth-order valence-electron chi connectivity index (χ4n) is 3.01. The van der Waals surface area contributed by atoms with E-state index in [0.29, 0.717) is 27.8 Å². The van der Waals surface area contributed by atoms with Crippen LogP contribution in [0, 0.1) is 0 Å². The van der Waals surface area contributed by atoms with E-state index in [4.69, 9.17) is 32.7 Å². The average Bonchev–Trinajstić information content (AvgIpc) is 2.73. The van der Waals surface area contributed by atoms with Crippen LogP contribution in [0.5, 0.6) is 11.5 Å². The molecular weight excluding hydrogens is 425 g/mol. The second-order valence-corrected chi connectivity index (χ2v) is 7.30. The summed E-state index contributed by atoms with van der Waals surface area (Å²) in [5.41, 5.74) is 2.51. The highest BCUT2D eigenvalue weighted by Gasteiger charge is 2.17. The molecule has 0 spiro atoms. The first-order chi connectivity index (χ1) is 14.3. The van der Waals surface area contributed by atoms with E-state index < -0.39 is 5.91 Å². The molecule has 0 aromatic heterocycles. The lowest BCUT2D eigenvalue weighted by Gasteiger charge is -2.14. The van der Waals surface area contributed by atoms with Gasteiger partial charge in [0.15, 0.2) is 5.78 Å². The minimum absolute atomic E-state index is 0.198. The fraction of sp³-hybridized carbons (Fsp3) is 0.130. The summed E-state index contributed by atoms with van der Waals surface area (Å²) in [6.45, 7) is 1.44. The van der Waals surface area contributed by atoms with Crippen LogP contribution >= 0.6 is 23.2 Å². The molecule has 0 aliphatic carbocycles. The Kier molecular flexibility index (Phi) is 6.65. The van der Waals surface area contributed by atoms with Crippen LogP contribution in [0.4, 0.5) is 5.69 Å². The van der Waals surface area contributed by atoms with Crippen molar-refractivity contribution in [3.05, 3.63) is 75.8 Å². The van der Waals surface area contributed by atoms with Gasteiger partial charge in [0.2, 0.25) is 0 Å². The van der Waals surface area contributed by atoms with Crippen LogP contribution < -0.4 is 14.8 Å². The number of nitrogens with one attached hydrogen (secondary N) is 1. The smallest absolute Gasteiger partial charge is 0.257 e. The van der Waals surface area contributed by atoms with E-state index in [1.54, 1.807) is 50.6 Å². The quantitative estimate of drug-likeness (QED) is 0.465. The van der Waals surface area contributed by atoms with Crippen LogP contribution in [0.15, 0.2) is 54.6 Å². The summed E-state index contributed by atoms with van der Waals surface area (Å²) >= 11 is 12.0. The molecule has 0 saturated carbocycles. The number of anilines is 1. The molecule has 0 heterocycles. The number of halogens is 2. The van der Waals surface area contributed by atoms with E-state index in [-0.39, 0.29) is 16.4 Å². The number of amides is 1. The topological polar surface area (TPSA) is 64.6 Å². The van der Waals surface area contributed by atoms with Crippen LogP contribution in [0.25, 0.3) is 11.1 Å². The zero-order valence-electron chi connectivity index (χ0n) is 16.6. The molecule has 0 unspecified atom stereocenters. The maximum Gasteiger partial charge on any atom is 0.257 e. The monoisotopic (exact) mass is 443 g/mol. The molecule has 0 fully saturated rings. The summed E-state index contributed by atoms with van der Waals surface area (Å²) in [6.07, 6.45) is 0. The Morgan fingerprint density at radius 3 is 2.27 bits per heavy atom. The molecule has 3 rings (SSSR count). The Morgan fingerprint density at radius 1 is 0.867 bits per heavy atom. The fourth-order valence-corrected chi connectivity index (χ4v) is 3.51. The number of ketones is 1. The first kappa shape index (κ1) is 21.7. The molecule has 3 aromatic carbocycles. The lowest BCUT2D eigenvalue weighted by atomic mass is 9.98. The van der Waals surface area contributed by atoms with E-state index in [2.05, 4.69) is 5.32 Å². The third kappa shape index (κ3) is 4.58. The maximum atomic E-state index is 12.7. The van der Waals surface area contributed by atoms with Gasteiger partial charge >= 0.3 is 0 Å². The lowest BCUT2D eigenvalue weighted by Crippen LogP contribution is -2.15. The van der Waals surface area contributed by atoms with E-state index in [1.807, 2.05) is 6.07 Å². The Morgan fingerprint density at radius 2 is 1.63 bits per heavy atom. The van der Waals surface area contributed by atoms with Gasteiger partial charge in [-0.15, -0.1) is 0 Å². The van der Waals surface area contributed by atoms with Crippen LogP contribution in [0.3, 0.4) is 0 Å². The number of benzene rings is 3. The molecule has 0 radical (unpaired) electrons. The average molecular weight is 444 g/mol. The minimum atomic E-state index is -0.439. The van der Waals surface area contributed by atoms with Crippen LogP contribution in [-0.4, -0.2) is 25.9 Å². The SMILES string of the molecule is COc1ccc(OC)c(-c2ccc(NC(=O)c3ccc(Cl)cc3Cl)c(C(C)=O)c2)c1. The summed E-state index contributed by atoms with van der Waals surface area (Å²) in [4.78, 5) is 25.0. The second kappa shape index (κ2) is 9.20. The lowest BCUT2D eigenvalue weighted by molar-refractivity contribution is 0.101. The predicted octanol–water partition coefficient (Wildman–Crippen LogP) is 6.13. The van der Waals surface area contributed by atoms with E-state index in [9.17, 15) is 9.59 Å². The normalized spacial score (nSPS) is 10.4. The maximum absolute atomic E-state index is 12.7. The van der Waals surface area contributed by atoms with Crippen molar-refractivity contribution in [2.24, 2.45) is 0 Å². The van der Waals surface area contributed by atoms with E-state index >= 15 is 0 Å². The zero-order valence-corrected chi connectivity index (χ0v) is 18.1. The molecule has 154 valence electrons. The number of hydrogen-bond acceptors (Lipinski definition) is 4. The third-order valence-corrected chi connectivity index (χ3v) is 5.09. The Labute approximate surface area is 184 Å². The van der Waals surface area contributed by atoms with Crippen molar-refractivity contribution >= 4 is 40.6 Å². The molecule has 0 aliphatic heterocycles. The first-order valence-electron chi connectivity index (χ1n) is 8.98. The van der Waals surface area contributed by atoms with Gasteiger partial charge in [-0.05, 0) is 61.0 Å². The molecular formula is C23H19Cl2NO4. The number of methoxy groups -OCH3 is 2. The predicted molar refractivity (Wildman–Crippen MR) is 119 cm³/mol. The van der Waals surface area contributed by atoms with Gasteiger partial charge in [0, 0.05) is 16.1 Å². The van der Waals surface area contributed by atoms with Crippen LogP contribution in [0.1, 0.15) is 27.6 Å². The Balaban J connectivity index is 2.01. The van der Waals surface area contributed by atoms with Crippen molar-refractivity contribution in [1.82, 2.24) is 0 Å². The first-order valence-corrected chi connectivity index (χ1v) is 9.73. The van der Waals surface area contributed by atoms with Gasteiger partial charge in [0.25, 0.3) is 5.91 Å². The number of carbonyl (C=O) groups is 2. The van der Waals surface area contributed by atoms with E-state index in [1.165, 1.54) is 19.1 Å². The van der Waals surface area contributed by atoms with Crippen molar-refractivity contribution in [1.29, 1.82) is 0 Å². The highest BCUT2D eigenvalue weighted by atomic mass is 35.5. The summed E-state index contributed by atoms with van der Waals surface area (Å²) in [5, 5.41) is 3.41. The molecule has 0 bridgehead atoms. The van der Waals surface area contributed by atoms with Gasteiger partial charge in [-0.3, -0.25) is 9.59 Å². The number of carbonyl (C=O) groups excluding carboxylic acids is 2. The van der Waals surface area contributed by atoms with Gasteiger partial charge < -0.3 is 14.8 Å². The van der Waals surface area contributed by atoms with Gasteiger partial charge in [-0.2, -0.15) is 0 Å². The molecule has 0 saturated heterocycles. The number of rotatable bonds is 6. The van der Waals surface area contributed by atoms with Gasteiger partial charge in [-0.25, -0.2) is 0 Å². The number of hydrogen-bond donors (Lipinski definition) is 1. The molecule has 1 N–H and O–H groups in total. The zero-order chi connectivity index (χ0) is 21.8. The summed E-state index contributed by atoms with van der Waals surface area (Å²) in [7, 11) is 3.15. The van der Waals surface area contributed by atoms with Crippen molar-refractivity contribution in [2.45, 2.75) is 6.92 Å². The number of Topliss-reactive ketones (excluding diaryl/α,β-unsaturated/α-hetero) is 1. The van der Waals surface area contributed by atoms with Crippen molar-refractivity contribution in [2.75, 3.05) is 19.5 Å². The van der Waals surface area contributed by atoms with Crippen molar-refractivity contribution in [3.63, 3.8) is 0 Å². The van der Waals surface area contributed by atoms with Crippen LogP contribution in [-0.2, 0) is 0 Å². The highest BCUT2D eigenvalue weighted by molar-refractivity contribution is 6.37. The van der Waals surface area contributed by atoms with Gasteiger partial charge in [0.05, 0.1) is 30.5 Å². The molecule has 0 aliphatic rings. The number of ether oxygens (including phenoxy) is 2. The molecule has 30 heavy (non-hydrogen) atoms. The molecule has 5 nitrogen and oxygen atoms in total. The Bertz CT molecular complexity index is 1130. The summed E-state index contributed by atoms with van der Waals surface area (Å²) < 4.78 is 10.7. The molecule has 3 aromatic rings. The molecule has 1 amide bonds. The van der Waals surface area contributed by atoms with Crippen molar-refractivity contribution in [3.8, 4) is 22.6 Å². The van der Waals surface area contributed by atoms with E-state index in [0.717, 1.165) is 11.1 Å². The van der Waals surface area contributed by atoms with Gasteiger partial charge in [-0.1, -0.05) is 29.3 Å². The standard InChI is InChI=1S/C23H19Cl2NO4/c1-13(27)18-10-14(19-12-16(29-2)6-9-22(19)30-3)4-8-21(18)26-23(28)17-7-5-15(24)11-20(17)25/h4-12H,1-3H3,(H,26,28). The second-order valence-electron chi connectivity index (χ2n) is 6.46. The summed E-state index contributed by atoms with van der Waals surface area (Å²) in [6, 6.07) is 15.2. The van der Waals surface area contributed by atoms with Crippen molar-refractivity contribution < 1.29 is 19.1 Å².